The molecule has 6 radical (unpaired) electrons. The van der Waals surface area contributed by atoms with Gasteiger partial charge in [0.15, 0.2) is 5.84 Å². The lowest BCUT2D eigenvalue weighted by Crippen LogP contribution is -2.52. The molecule has 0 saturated carbocycles. The zero-order chi connectivity index (χ0) is 11.3. The molecule has 1 fully saturated rings. The average molecular weight is 208 g/mol. The van der Waals surface area contributed by atoms with Crippen LogP contribution in [0.4, 0.5) is 0 Å². The van der Waals surface area contributed by atoms with E-state index in [4.69, 9.17) is 0 Å². The molecule has 1 saturated heterocycles. The van der Waals surface area contributed by atoms with Crippen LogP contribution in [0, 0.1) is 6.17 Å². The number of amidine groups is 1. The summed E-state index contributed by atoms with van der Waals surface area (Å²) in [5, 5.41) is 12.8. The van der Waals surface area contributed by atoms with E-state index in [0.29, 0.717) is 0 Å². The summed E-state index contributed by atoms with van der Waals surface area (Å²) in [5.74, 6) is 0.204. The third kappa shape index (κ3) is 1.44. The lowest BCUT2D eigenvalue weighted by Gasteiger charge is -2.35. The molecule has 2 aliphatic heterocycles. The molecule has 0 N–H and O–H groups in total. The van der Waals surface area contributed by atoms with Crippen molar-refractivity contribution in [1.82, 2.24) is 27.0 Å². The molecule has 2 rings (SSSR count). The Hall–Kier alpha value is -0.730. The van der Waals surface area contributed by atoms with Crippen molar-refractivity contribution in [2.24, 2.45) is 4.99 Å². The molecule has 15 heavy (non-hydrogen) atoms. The number of hydrogen-bond acceptors (Lipinski definition) is 2. The zero-order valence-electron chi connectivity index (χ0n) is 9.09. The van der Waals surface area contributed by atoms with Crippen LogP contribution in [0.15, 0.2) is 4.99 Å². The van der Waals surface area contributed by atoms with Crippen LogP contribution < -0.4 is 21.9 Å². The van der Waals surface area contributed by atoms with Gasteiger partial charge in [0.1, 0.15) is 0 Å². The number of hydroxylamine groups is 2. The summed E-state index contributed by atoms with van der Waals surface area (Å²) in [6.07, 6.45) is 0.184. The molecule has 0 aromatic heterocycles. The predicted molar refractivity (Wildman–Crippen MR) is 49.9 cm³/mol. The van der Waals surface area contributed by atoms with Crippen molar-refractivity contribution in [2.75, 3.05) is 0 Å². The first kappa shape index (κ1) is 10.8. The Morgan fingerprint density at radius 1 is 1.07 bits per heavy atom. The number of hydrogen-bond donors (Lipinski definition) is 0. The van der Waals surface area contributed by atoms with Crippen molar-refractivity contribution in [3.63, 3.8) is 0 Å². The van der Waals surface area contributed by atoms with Crippen LogP contribution in [-0.4, -0.2) is 22.0 Å². The second-order valence-electron chi connectivity index (χ2n) is 4.55. The summed E-state index contributed by atoms with van der Waals surface area (Å²) >= 11 is 0. The van der Waals surface area contributed by atoms with Crippen LogP contribution in [-0.2, 0) is 5.21 Å². The Morgan fingerprint density at radius 2 is 1.60 bits per heavy atom. The first-order chi connectivity index (χ1) is 6.86. The van der Waals surface area contributed by atoms with Crippen LogP contribution >= 0.6 is 0 Å². The maximum absolute atomic E-state index is 12.0. The van der Waals surface area contributed by atoms with E-state index in [1.54, 1.807) is 0 Å². The van der Waals surface area contributed by atoms with Crippen molar-refractivity contribution in [3.05, 3.63) is 6.17 Å². The van der Waals surface area contributed by atoms with Crippen LogP contribution in [0.5, 0.6) is 0 Å². The van der Waals surface area contributed by atoms with Crippen LogP contribution in [0.25, 0.3) is 0 Å². The number of aliphatic imine (C=N–C) groups is 1. The molecular formula is C8H12N6O. The fourth-order valence-electron chi connectivity index (χ4n) is 1.34. The van der Waals surface area contributed by atoms with Gasteiger partial charge in [-0.1, -0.05) is 16.1 Å². The fraction of sp³-hybridized carbons (Fsp3) is 0.750. The zero-order valence-corrected chi connectivity index (χ0v) is 9.09. The first-order valence-electron chi connectivity index (χ1n) is 4.62. The van der Waals surface area contributed by atoms with E-state index in [1.165, 1.54) is 0 Å². The monoisotopic (exact) mass is 208 g/mol. The van der Waals surface area contributed by atoms with Crippen molar-refractivity contribution in [3.8, 4) is 0 Å². The van der Waals surface area contributed by atoms with Crippen LogP contribution in [0.1, 0.15) is 27.7 Å². The topological polar surface area (TPSA) is 91.9 Å². The fourth-order valence-corrected chi connectivity index (χ4v) is 1.34. The Bertz CT molecular complexity index is 294. The van der Waals surface area contributed by atoms with Crippen molar-refractivity contribution in [1.29, 1.82) is 0 Å². The maximum Gasteiger partial charge on any atom is 0.243 e. The molecule has 0 spiro atoms. The van der Waals surface area contributed by atoms with Gasteiger partial charge in [-0.05, 0) is 38.8 Å². The summed E-state index contributed by atoms with van der Waals surface area (Å²) in [4.78, 5) is 4.32. The summed E-state index contributed by atoms with van der Waals surface area (Å²) in [7, 11) is 0. The minimum absolute atomic E-state index is 0.184. The van der Waals surface area contributed by atoms with Gasteiger partial charge >= 0.3 is 0 Å². The first-order valence-corrected chi connectivity index (χ1v) is 4.62. The van der Waals surface area contributed by atoms with E-state index >= 15 is 0 Å². The van der Waals surface area contributed by atoms with Gasteiger partial charge in [0.05, 0.1) is 11.1 Å². The molecule has 0 aliphatic carbocycles. The normalized spacial score (nSPS) is 29.7. The highest BCUT2D eigenvalue weighted by Gasteiger charge is 2.53. The van der Waals surface area contributed by atoms with Gasteiger partial charge in [0.25, 0.3) is 0 Å². The molecule has 0 bridgehead atoms. The SMILES string of the molecule is CC1(C)N=C([C]2[N][N][N][N]2)N([O])C1(C)C. The smallest absolute Gasteiger partial charge is 0.243 e. The van der Waals surface area contributed by atoms with Gasteiger partial charge in [0, 0.05) is 0 Å². The molecule has 0 aromatic rings. The summed E-state index contributed by atoms with van der Waals surface area (Å²) in [6, 6.07) is 0. The third-order valence-electron chi connectivity index (χ3n) is 3.10. The summed E-state index contributed by atoms with van der Waals surface area (Å²) in [6.45, 7) is 7.46. The second kappa shape index (κ2) is 3.13. The van der Waals surface area contributed by atoms with E-state index in [0.717, 1.165) is 5.06 Å². The quantitative estimate of drug-likeness (QED) is 0.558. The highest BCUT2D eigenvalue weighted by molar-refractivity contribution is 5.95. The molecule has 0 atom stereocenters. The van der Waals surface area contributed by atoms with E-state index < -0.39 is 11.1 Å². The highest BCUT2D eigenvalue weighted by atomic mass is 16.5. The van der Waals surface area contributed by atoms with Gasteiger partial charge in [-0.3, -0.25) is 4.99 Å². The lowest BCUT2D eigenvalue weighted by molar-refractivity contribution is -0.159. The maximum atomic E-state index is 12.0. The highest BCUT2D eigenvalue weighted by Crippen LogP contribution is 2.38. The second-order valence-corrected chi connectivity index (χ2v) is 4.55. The van der Waals surface area contributed by atoms with E-state index in [-0.39, 0.29) is 12.0 Å². The number of rotatable bonds is 1. The Morgan fingerprint density at radius 3 is 2.00 bits per heavy atom. The third-order valence-corrected chi connectivity index (χ3v) is 3.10. The van der Waals surface area contributed by atoms with E-state index in [2.05, 4.69) is 26.9 Å². The molecule has 7 heteroatoms. The van der Waals surface area contributed by atoms with E-state index in [1.807, 2.05) is 27.7 Å². The Labute approximate surface area is 88.8 Å². The van der Waals surface area contributed by atoms with Crippen LogP contribution in [0.3, 0.4) is 0 Å². The molecule has 80 valence electrons. The molecule has 0 unspecified atom stereocenters. The van der Waals surface area contributed by atoms with Gasteiger partial charge in [0.2, 0.25) is 6.17 Å². The van der Waals surface area contributed by atoms with Gasteiger partial charge < -0.3 is 0 Å². The largest absolute Gasteiger partial charge is 0.258 e. The van der Waals surface area contributed by atoms with E-state index in [9.17, 15) is 5.21 Å². The molecule has 2 heterocycles. The van der Waals surface area contributed by atoms with Crippen LogP contribution in [0.2, 0.25) is 0 Å². The van der Waals surface area contributed by atoms with Gasteiger partial charge in [-0.2, -0.15) is 5.06 Å². The minimum Gasteiger partial charge on any atom is -0.258 e. The molecular weight excluding hydrogens is 196 g/mol. The predicted octanol–water partition coefficient (Wildman–Crippen LogP) is -0.731. The summed E-state index contributed by atoms with van der Waals surface area (Å²) in [5.41, 5.74) is 12.8. The lowest BCUT2D eigenvalue weighted by atomic mass is 9.84. The van der Waals surface area contributed by atoms with Crippen molar-refractivity contribution in [2.45, 2.75) is 38.8 Å². The molecule has 0 aromatic carbocycles. The molecule has 0 amide bonds. The molecule has 7 nitrogen and oxygen atoms in total. The molecule has 2 aliphatic rings. The standard InChI is InChI=1S/C8H12N6O/c1-7(2)8(3,4)14(15)6(9-7)5-10-12-13-11-5/h1-4H3. The Kier molecular flexibility index (Phi) is 2.25. The van der Waals surface area contributed by atoms with Gasteiger partial charge in [-0.15, -0.1) is 0 Å². The average Bonchev–Trinajstić information content (AvgIpc) is 2.69. The Balaban J connectivity index is 2.27. The number of nitrogens with zero attached hydrogens (tertiary/aromatic N) is 6. The minimum atomic E-state index is -0.622. The summed E-state index contributed by atoms with van der Waals surface area (Å²) < 4.78 is 0. The van der Waals surface area contributed by atoms with Crippen molar-refractivity contribution < 1.29 is 5.21 Å². The van der Waals surface area contributed by atoms with Crippen molar-refractivity contribution >= 4 is 5.84 Å². The van der Waals surface area contributed by atoms with Gasteiger partial charge in [-0.25, -0.2) is 0 Å².